The van der Waals surface area contributed by atoms with Crippen LogP contribution in [0.15, 0.2) is 78.9 Å². The molecule has 0 aromatic heterocycles. The van der Waals surface area contributed by atoms with E-state index in [-0.39, 0.29) is 24.0 Å². The summed E-state index contributed by atoms with van der Waals surface area (Å²) in [6.07, 6.45) is 6.64. The largest absolute Gasteiger partial charge is 0.481 e. The van der Waals surface area contributed by atoms with Gasteiger partial charge in [-0.25, -0.2) is 4.79 Å². The zero-order valence-corrected chi connectivity index (χ0v) is 26.1. The Balaban J connectivity index is 1.18. The lowest BCUT2D eigenvalue weighted by molar-refractivity contribution is -0.137. The number of anilines is 4. The number of benzene rings is 3. The highest BCUT2D eigenvalue weighted by molar-refractivity contribution is 6.24. The zero-order chi connectivity index (χ0) is 32.7. The Labute approximate surface area is 273 Å². The summed E-state index contributed by atoms with van der Waals surface area (Å²) < 4.78 is 0. The van der Waals surface area contributed by atoms with Gasteiger partial charge in [-0.05, 0) is 110 Å². The van der Waals surface area contributed by atoms with E-state index in [1.807, 2.05) is 54.6 Å². The van der Waals surface area contributed by atoms with Crippen molar-refractivity contribution in [2.75, 3.05) is 21.7 Å². The highest BCUT2D eigenvalue weighted by atomic mass is 16.4. The van der Waals surface area contributed by atoms with Gasteiger partial charge in [-0.1, -0.05) is 30.3 Å². The summed E-state index contributed by atoms with van der Waals surface area (Å²) in [7, 11) is 0. The lowest BCUT2D eigenvalue weighted by atomic mass is 9.49. The van der Waals surface area contributed by atoms with E-state index in [1.54, 1.807) is 4.90 Å². The second kappa shape index (κ2) is 12.3. The van der Waals surface area contributed by atoms with E-state index in [1.165, 1.54) is 48.4 Å². The predicted octanol–water partition coefficient (Wildman–Crippen LogP) is 6.15. The number of aliphatic carboxylic acids is 1. The highest BCUT2D eigenvalue weighted by Gasteiger charge is 2.53. The summed E-state index contributed by atoms with van der Waals surface area (Å²) in [5.41, 5.74) is 2.49. The zero-order valence-electron chi connectivity index (χ0n) is 26.1. The van der Waals surface area contributed by atoms with E-state index in [2.05, 4.69) is 10.6 Å². The number of rotatable bonds is 9. The third-order valence-corrected chi connectivity index (χ3v) is 10.4. The molecule has 47 heavy (non-hydrogen) atoms. The van der Waals surface area contributed by atoms with Crippen molar-refractivity contribution in [3.63, 3.8) is 0 Å². The van der Waals surface area contributed by atoms with Crippen LogP contribution in [-0.2, 0) is 14.4 Å². The number of hydrogen-bond acceptors (Lipinski definition) is 5. The summed E-state index contributed by atoms with van der Waals surface area (Å²) >= 11 is 0. The molecule has 0 saturated heterocycles. The van der Waals surface area contributed by atoms with Crippen molar-refractivity contribution < 1.29 is 29.1 Å². The molecule has 10 heteroatoms. The van der Waals surface area contributed by atoms with Gasteiger partial charge in [0.1, 0.15) is 0 Å². The minimum Gasteiger partial charge on any atom is -0.481 e. The Morgan fingerprint density at radius 1 is 0.745 bits per heavy atom. The summed E-state index contributed by atoms with van der Waals surface area (Å²) in [6.45, 7) is 0.499. The van der Waals surface area contributed by atoms with Crippen molar-refractivity contribution >= 4 is 52.3 Å². The molecule has 3 aromatic rings. The summed E-state index contributed by atoms with van der Waals surface area (Å²) in [5.74, 6) is -0.361. The van der Waals surface area contributed by atoms with Crippen LogP contribution >= 0.6 is 0 Å². The molecule has 4 fully saturated rings. The standard InChI is InChI=1S/C37H38N4O6/c42-31(14-15-32(43)44)26-10-12-27(13-11-26)38-36(47)39-33-34(45)40(22-37-19-23-16-24(20-37)18-25(17-23)21-37)29-8-4-5-9-30(29)41(35(33)46)28-6-2-1-3-7-28/h1-13,23-25,33H,14-22H2,(H,43,44)(H2,38,39,47). The SMILES string of the molecule is O=C(O)CCC(=O)c1ccc(NC(=O)NC2C(=O)N(CC34CC5CC(CC(C5)C3)C4)c3ccccc3N(c3ccccc3)C2=O)cc1. The Bertz CT molecular complexity index is 1690. The maximum absolute atomic E-state index is 14.6. The van der Waals surface area contributed by atoms with Crippen LogP contribution in [0.2, 0.25) is 0 Å². The fourth-order valence-corrected chi connectivity index (χ4v) is 8.86. The summed E-state index contributed by atoms with van der Waals surface area (Å²) in [6, 6.07) is 20.4. The second-order valence-corrected chi connectivity index (χ2v) is 13.8. The quantitative estimate of drug-likeness (QED) is 0.191. The third kappa shape index (κ3) is 6.12. The van der Waals surface area contributed by atoms with Gasteiger partial charge < -0.3 is 20.6 Å². The summed E-state index contributed by atoms with van der Waals surface area (Å²) in [5, 5.41) is 14.2. The van der Waals surface area contributed by atoms with Crippen molar-refractivity contribution in [2.45, 2.75) is 57.4 Å². The number of ketones is 1. The molecule has 3 aromatic carbocycles. The Hall–Kier alpha value is -4.99. The smallest absolute Gasteiger partial charge is 0.320 e. The molecule has 8 rings (SSSR count). The van der Waals surface area contributed by atoms with Crippen LogP contribution in [0.1, 0.15) is 61.7 Å². The van der Waals surface area contributed by atoms with E-state index in [4.69, 9.17) is 5.11 Å². The Kier molecular flexibility index (Phi) is 8.03. The minimum absolute atomic E-state index is 0.0149. The number of carbonyl (C=O) groups excluding carboxylic acids is 4. The van der Waals surface area contributed by atoms with Crippen LogP contribution in [0, 0.1) is 23.2 Å². The maximum Gasteiger partial charge on any atom is 0.320 e. The van der Waals surface area contributed by atoms with E-state index in [0.29, 0.717) is 52.6 Å². The molecule has 0 radical (unpaired) electrons. The monoisotopic (exact) mass is 634 g/mol. The molecule has 1 aliphatic heterocycles. The molecule has 4 aliphatic carbocycles. The molecule has 4 bridgehead atoms. The number of Topliss-reactive ketones (excluding diaryl/α,β-unsaturated/α-hetero) is 1. The van der Waals surface area contributed by atoms with Gasteiger partial charge in [-0.2, -0.15) is 0 Å². The number of para-hydroxylation sites is 3. The van der Waals surface area contributed by atoms with Gasteiger partial charge in [-0.3, -0.25) is 24.1 Å². The van der Waals surface area contributed by atoms with Crippen LogP contribution < -0.4 is 20.4 Å². The number of carbonyl (C=O) groups is 5. The van der Waals surface area contributed by atoms with Gasteiger partial charge in [0.2, 0.25) is 0 Å². The molecule has 5 aliphatic rings. The lowest BCUT2D eigenvalue weighted by Gasteiger charge is -2.57. The first-order chi connectivity index (χ1) is 22.7. The van der Waals surface area contributed by atoms with Gasteiger partial charge in [0, 0.05) is 29.9 Å². The van der Waals surface area contributed by atoms with E-state index >= 15 is 0 Å². The first-order valence-corrected chi connectivity index (χ1v) is 16.4. The molecule has 1 heterocycles. The van der Waals surface area contributed by atoms with Crippen LogP contribution in [0.25, 0.3) is 0 Å². The Morgan fingerprint density at radius 2 is 1.34 bits per heavy atom. The number of nitrogens with zero attached hydrogens (tertiary/aromatic N) is 2. The molecule has 4 saturated carbocycles. The van der Waals surface area contributed by atoms with Crippen molar-refractivity contribution in [3.05, 3.63) is 84.4 Å². The molecule has 1 unspecified atom stereocenters. The van der Waals surface area contributed by atoms with Gasteiger partial charge in [0.15, 0.2) is 11.8 Å². The van der Waals surface area contributed by atoms with Gasteiger partial charge in [0.05, 0.1) is 17.8 Å². The number of nitrogens with one attached hydrogen (secondary N) is 2. The molecule has 10 nitrogen and oxygen atoms in total. The van der Waals surface area contributed by atoms with E-state index in [9.17, 15) is 24.0 Å². The van der Waals surface area contributed by atoms with Gasteiger partial charge in [0.25, 0.3) is 11.8 Å². The van der Waals surface area contributed by atoms with Crippen LogP contribution in [0.4, 0.5) is 27.5 Å². The number of carboxylic acid groups (broad SMARTS) is 1. The average molecular weight is 635 g/mol. The van der Waals surface area contributed by atoms with Crippen molar-refractivity contribution in [1.82, 2.24) is 5.32 Å². The molecule has 1 atom stereocenters. The number of amides is 4. The van der Waals surface area contributed by atoms with Crippen molar-refractivity contribution in [3.8, 4) is 0 Å². The topological polar surface area (TPSA) is 136 Å². The van der Waals surface area contributed by atoms with Gasteiger partial charge >= 0.3 is 12.0 Å². The fourth-order valence-electron chi connectivity index (χ4n) is 8.86. The van der Waals surface area contributed by atoms with Crippen LogP contribution in [0.3, 0.4) is 0 Å². The molecule has 0 spiro atoms. The normalized spacial score (nSPS) is 26.0. The second-order valence-electron chi connectivity index (χ2n) is 13.8. The number of hydrogen-bond donors (Lipinski definition) is 3. The molecule has 4 amide bonds. The molecular formula is C37H38N4O6. The number of fused-ring (bicyclic) bond motifs is 1. The first kappa shape index (κ1) is 30.7. The molecule has 3 N–H and O–H groups in total. The van der Waals surface area contributed by atoms with Crippen molar-refractivity contribution in [2.24, 2.45) is 23.2 Å². The van der Waals surface area contributed by atoms with E-state index < -0.39 is 29.9 Å². The molecular weight excluding hydrogens is 596 g/mol. The van der Waals surface area contributed by atoms with Crippen LogP contribution in [0.5, 0.6) is 0 Å². The predicted molar refractivity (Wildman–Crippen MR) is 177 cm³/mol. The minimum atomic E-state index is -1.49. The average Bonchev–Trinajstić information content (AvgIpc) is 3.12. The number of carboxylic acids is 1. The summed E-state index contributed by atoms with van der Waals surface area (Å²) in [4.78, 5) is 68.8. The Morgan fingerprint density at radius 3 is 1.96 bits per heavy atom. The fraction of sp³-hybridized carbons (Fsp3) is 0.378. The maximum atomic E-state index is 14.6. The van der Waals surface area contributed by atoms with Crippen LogP contribution in [-0.4, -0.2) is 47.3 Å². The van der Waals surface area contributed by atoms with Gasteiger partial charge in [-0.15, -0.1) is 0 Å². The van der Waals surface area contributed by atoms with Crippen molar-refractivity contribution in [1.29, 1.82) is 0 Å². The first-order valence-electron chi connectivity index (χ1n) is 16.4. The molecule has 242 valence electrons. The number of urea groups is 1. The third-order valence-electron chi connectivity index (χ3n) is 10.4. The highest BCUT2D eigenvalue weighted by Crippen LogP contribution is 2.60. The van der Waals surface area contributed by atoms with E-state index in [0.717, 1.165) is 19.3 Å². The lowest BCUT2D eigenvalue weighted by Crippen LogP contribution is -2.58.